The summed E-state index contributed by atoms with van der Waals surface area (Å²) in [7, 11) is 1.72. The first-order valence-corrected chi connectivity index (χ1v) is 6.05. The number of nitrogens with zero attached hydrogens (tertiary/aromatic N) is 1. The molecule has 1 saturated carbocycles. The highest BCUT2D eigenvalue weighted by molar-refractivity contribution is 7.18. The number of thiazole rings is 1. The standard InChI is InChI=1S/C12H13NOS/c1-7-10(14-2)6-5-9-11(7)15-12(13-9)8-3-4-8/h5-6,8H,3-4H2,1-2H3. The van der Waals surface area contributed by atoms with Crippen LogP contribution in [0.3, 0.4) is 0 Å². The van der Waals surface area contributed by atoms with Crippen LogP contribution in [-0.4, -0.2) is 12.1 Å². The zero-order valence-corrected chi connectivity index (χ0v) is 9.73. The molecule has 1 aliphatic rings. The van der Waals surface area contributed by atoms with Crippen LogP contribution in [0.2, 0.25) is 0 Å². The molecule has 15 heavy (non-hydrogen) atoms. The zero-order chi connectivity index (χ0) is 10.4. The van der Waals surface area contributed by atoms with Crippen molar-refractivity contribution < 1.29 is 4.74 Å². The lowest BCUT2D eigenvalue weighted by atomic mass is 10.2. The van der Waals surface area contributed by atoms with Gasteiger partial charge in [-0.1, -0.05) is 0 Å². The number of methoxy groups -OCH3 is 1. The molecule has 78 valence electrons. The fourth-order valence-electron chi connectivity index (χ4n) is 1.85. The molecule has 0 unspecified atom stereocenters. The van der Waals surface area contributed by atoms with E-state index in [4.69, 9.17) is 4.74 Å². The molecule has 1 aromatic heterocycles. The van der Waals surface area contributed by atoms with E-state index in [1.54, 1.807) is 7.11 Å². The van der Waals surface area contributed by atoms with Crippen LogP contribution in [0.1, 0.15) is 29.3 Å². The van der Waals surface area contributed by atoms with Gasteiger partial charge in [-0.2, -0.15) is 0 Å². The number of ether oxygens (including phenoxy) is 1. The summed E-state index contributed by atoms with van der Waals surface area (Å²) in [6, 6.07) is 4.07. The summed E-state index contributed by atoms with van der Waals surface area (Å²) in [4.78, 5) is 4.67. The molecule has 0 N–H and O–H groups in total. The number of rotatable bonds is 2. The Kier molecular flexibility index (Phi) is 1.96. The Labute approximate surface area is 92.9 Å². The number of fused-ring (bicyclic) bond motifs is 1. The third-order valence-electron chi connectivity index (χ3n) is 2.92. The van der Waals surface area contributed by atoms with Gasteiger partial charge < -0.3 is 4.74 Å². The van der Waals surface area contributed by atoms with E-state index < -0.39 is 0 Å². The van der Waals surface area contributed by atoms with E-state index in [2.05, 4.69) is 18.0 Å². The summed E-state index contributed by atoms with van der Waals surface area (Å²) in [5, 5.41) is 1.31. The zero-order valence-electron chi connectivity index (χ0n) is 8.91. The number of benzene rings is 1. The molecule has 0 atom stereocenters. The van der Waals surface area contributed by atoms with Crippen LogP contribution in [0.25, 0.3) is 10.2 Å². The van der Waals surface area contributed by atoms with Crippen molar-refractivity contribution in [2.24, 2.45) is 0 Å². The van der Waals surface area contributed by atoms with E-state index in [0.29, 0.717) is 0 Å². The van der Waals surface area contributed by atoms with Crippen molar-refractivity contribution in [3.63, 3.8) is 0 Å². The highest BCUT2D eigenvalue weighted by atomic mass is 32.1. The van der Waals surface area contributed by atoms with Crippen molar-refractivity contribution in [3.05, 3.63) is 22.7 Å². The number of hydrogen-bond donors (Lipinski definition) is 0. The van der Waals surface area contributed by atoms with Crippen LogP contribution < -0.4 is 4.74 Å². The van der Waals surface area contributed by atoms with Crippen LogP contribution in [-0.2, 0) is 0 Å². The van der Waals surface area contributed by atoms with Gasteiger partial charge in [0.05, 0.1) is 22.3 Å². The molecule has 1 heterocycles. The molecule has 0 aliphatic heterocycles. The molecule has 2 nitrogen and oxygen atoms in total. The van der Waals surface area contributed by atoms with Crippen LogP contribution >= 0.6 is 11.3 Å². The molecule has 3 heteroatoms. The van der Waals surface area contributed by atoms with Crippen LogP contribution in [0.15, 0.2) is 12.1 Å². The lowest BCUT2D eigenvalue weighted by Crippen LogP contribution is -1.86. The largest absolute Gasteiger partial charge is 0.496 e. The average molecular weight is 219 g/mol. The Morgan fingerprint density at radius 2 is 2.20 bits per heavy atom. The third-order valence-corrected chi connectivity index (χ3v) is 4.27. The Hall–Kier alpha value is -1.09. The Morgan fingerprint density at radius 3 is 2.87 bits per heavy atom. The first-order chi connectivity index (χ1) is 7.29. The van der Waals surface area contributed by atoms with Crippen molar-refractivity contribution in [2.75, 3.05) is 7.11 Å². The van der Waals surface area contributed by atoms with Gasteiger partial charge in [-0.25, -0.2) is 4.98 Å². The van der Waals surface area contributed by atoms with Gasteiger partial charge in [-0.3, -0.25) is 0 Å². The first-order valence-electron chi connectivity index (χ1n) is 5.23. The summed E-state index contributed by atoms with van der Waals surface area (Å²) in [6.45, 7) is 2.11. The van der Waals surface area contributed by atoms with Crippen LogP contribution in [0, 0.1) is 6.92 Å². The molecule has 3 rings (SSSR count). The van der Waals surface area contributed by atoms with Gasteiger partial charge in [-0.05, 0) is 31.9 Å². The maximum atomic E-state index is 5.32. The molecule has 0 radical (unpaired) electrons. The van der Waals surface area contributed by atoms with Crippen molar-refractivity contribution in [3.8, 4) is 5.75 Å². The lowest BCUT2D eigenvalue weighted by Gasteiger charge is -2.03. The van der Waals surface area contributed by atoms with E-state index in [0.717, 1.165) is 17.2 Å². The van der Waals surface area contributed by atoms with Crippen molar-refractivity contribution in [1.82, 2.24) is 4.98 Å². The molecule has 2 aromatic rings. The topological polar surface area (TPSA) is 22.1 Å². The molecule has 1 fully saturated rings. The number of aryl methyl sites for hydroxylation is 1. The minimum absolute atomic E-state index is 0.743. The van der Waals surface area contributed by atoms with Gasteiger partial charge in [-0.15, -0.1) is 11.3 Å². The maximum absolute atomic E-state index is 5.32. The minimum Gasteiger partial charge on any atom is -0.496 e. The van der Waals surface area contributed by atoms with E-state index in [-0.39, 0.29) is 0 Å². The predicted molar refractivity (Wildman–Crippen MR) is 62.9 cm³/mol. The number of hydrogen-bond acceptors (Lipinski definition) is 3. The molecule has 0 spiro atoms. The van der Waals surface area contributed by atoms with Crippen LogP contribution in [0.5, 0.6) is 5.75 Å². The van der Waals surface area contributed by atoms with Crippen molar-refractivity contribution in [1.29, 1.82) is 0 Å². The molecule has 1 aromatic carbocycles. The summed E-state index contributed by atoms with van der Waals surface area (Å²) >= 11 is 1.83. The summed E-state index contributed by atoms with van der Waals surface area (Å²) in [5.41, 5.74) is 2.35. The minimum atomic E-state index is 0.743. The maximum Gasteiger partial charge on any atom is 0.123 e. The lowest BCUT2D eigenvalue weighted by molar-refractivity contribution is 0.412. The number of aromatic nitrogens is 1. The monoisotopic (exact) mass is 219 g/mol. The molecule has 1 aliphatic carbocycles. The van der Waals surface area contributed by atoms with Gasteiger partial charge in [0.25, 0.3) is 0 Å². The van der Waals surface area contributed by atoms with Gasteiger partial charge in [0.15, 0.2) is 0 Å². The van der Waals surface area contributed by atoms with Crippen molar-refractivity contribution in [2.45, 2.75) is 25.7 Å². The molecule has 0 bridgehead atoms. The fourth-order valence-corrected chi connectivity index (χ4v) is 3.08. The quantitative estimate of drug-likeness (QED) is 0.771. The van der Waals surface area contributed by atoms with E-state index >= 15 is 0 Å². The molecular formula is C12H13NOS. The SMILES string of the molecule is COc1ccc2nc(C3CC3)sc2c1C. The van der Waals surface area contributed by atoms with Gasteiger partial charge in [0, 0.05) is 11.5 Å². The summed E-state index contributed by atoms with van der Waals surface area (Å²) < 4.78 is 6.61. The smallest absolute Gasteiger partial charge is 0.123 e. The van der Waals surface area contributed by atoms with Crippen molar-refractivity contribution >= 4 is 21.6 Å². The normalized spacial score (nSPS) is 15.9. The molecule has 0 saturated heterocycles. The van der Waals surface area contributed by atoms with E-state index in [1.807, 2.05) is 17.4 Å². The second kappa shape index (κ2) is 3.20. The average Bonchev–Trinajstić information content (AvgIpc) is 2.99. The first kappa shape index (κ1) is 9.16. The summed E-state index contributed by atoms with van der Waals surface area (Å²) in [6.07, 6.45) is 2.63. The van der Waals surface area contributed by atoms with Crippen LogP contribution in [0.4, 0.5) is 0 Å². The van der Waals surface area contributed by atoms with Gasteiger partial charge in [0.2, 0.25) is 0 Å². The van der Waals surface area contributed by atoms with E-state index in [1.165, 1.54) is 28.1 Å². The second-order valence-corrected chi connectivity index (χ2v) is 5.10. The Balaban J connectivity index is 2.20. The summed E-state index contributed by atoms with van der Waals surface area (Å²) in [5.74, 6) is 1.71. The highest BCUT2D eigenvalue weighted by Crippen LogP contribution is 2.44. The van der Waals surface area contributed by atoms with Gasteiger partial charge >= 0.3 is 0 Å². The fraction of sp³-hybridized carbons (Fsp3) is 0.417. The van der Waals surface area contributed by atoms with Gasteiger partial charge in [0.1, 0.15) is 5.75 Å². The molecule has 0 amide bonds. The third kappa shape index (κ3) is 1.42. The highest BCUT2D eigenvalue weighted by Gasteiger charge is 2.27. The Bertz CT molecular complexity index is 514. The predicted octanol–water partition coefficient (Wildman–Crippen LogP) is 3.49. The van der Waals surface area contributed by atoms with E-state index in [9.17, 15) is 0 Å². The second-order valence-electron chi connectivity index (χ2n) is 4.07. The Morgan fingerprint density at radius 1 is 1.40 bits per heavy atom. The molecular weight excluding hydrogens is 206 g/mol.